The Labute approximate surface area is 165 Å². The van der Waals surface area contributed by atoms with Gasteiger partial charge in [0.05, 0.1) is 5.52 Å². The summed E-state index contributed by atoms with van der Waals surface area (Å²) in [5.41, 5.74) is 2.19. The van der Waals surface area contributed by atoms with Crippen molar-refractivity contribution in [2.45, 2.75) is 25.7 Å². The molecule has 0 N–H and O–H groups in total. The van der Waals surface area contributed by atoms with Crippen molar-refractivity contribution in [3.63, 3.8) is 0 Å². The molecule has 1 saturated heterocycles. The lowest BCUT2D eigenvalue weighted by Crippen LogP contribution is -2.45. The fraction of sp³-hybridized carbons (Fsp3) is 0.474. The van der Waals surface area contributed by atoms with Gasteiger partial charge in [-0.1, -0.05) is 17.7 Å². The number of piperazine rings is 1. The van der Waals surface area contributed by atoms with Crippen LogP contribution in [0, 0.1) is 0 Å². The molecule has 0 spiro atoms. The SMILES string of the molecule is C[C@H](c1ccc2c(c1)c1ncnc(Cl)c1n2CC(F)(F)F)N1CCN(C)CC1. The fourth-order valence-corrected chi connectivity index (χ4v) is 4.15. The summed E-state index contributed by atoms with van der Waals surface area (Å²) < 4.78 is 40.7. The second-order valence-electron chi connectivity index (χ2n) is 7.35. The fourth-order valence-electron chi connectivity index (χ4n) is 3.92. The second kappa shape index (κ2) is 7.17. The Morgan fingerprint density at radius 1 is 1.14 bits per heavy atom. The Balaban J connectivity index is 1.81. The zero-order valence-corrected chi connectivity index (χ0v) is 16.4. The summed E-state index contributed by atoms with van der Waals surface area (Å²) in [6.07, 6.45) is -3.08. The van der Waals surface area contributed by atoms with Crippen molar-refractivity contribution in [3.8, 4) is 0 Å². The summed E-state index contributed by atoms with van der Waals surface area (Å²) in [5.74, 6) is 0. The summed E-state index contributed by atoms with van der Waals surface area (Å²) in [5, 5.41) is 0.696. The molecule has 0 radical (unpaired) electrons. The summed E-state index contributed by atoms with van der Waals surface area (Å²) >= 11 is 6.15. The maximum Gasteiger partial charge on any atom is 0.406 e. The molecular weight excluding hydrogens is 391 g/mol. The van der Waals surface area contributed by atoms with Gasteiger partial charge in [-0.2, -0.15) is 13.2 Å². The molecule has 3 heterocycles. The lowest BCUT2D eigenvalue weighted by Gasteiger charge is -2.36. The predicted octanol–water partition coefficient (Wildman–Crippen LogP) is 4.11. The highest BCUT2D eigenvalue weighted by Gasteiger charge is 2.31. The number of nitrogens with zero attached hydrogens (tertiary/aromatic N) is 5. The van der Waals surface area contributed by atoms with Gasteiger partial charge in [-0.3, -0.25) is 4.90 Å². The van der Waals surface area contributed by atoms with E-state index < -0.39 is 12.7 Å². The van der Waals surface area contributed by atoms with E-state index in [-0.39, 0.29) is 16.7 Å². The van der Waals surface area contributed by atoms with Crippen LogP contribution < -0.4 is 0 Å². The van der Waals surface area contributed by atoms with E-state index in [1.807, 2.05) is 12.1 Å². The first-order valence-electron chi connectivity index (χ1n) is 9.16. The van der Waals surface area contributed by atoms with Gasteiger partial charge in [0.1, 0.15) is 23.9 Å². The third kappa shape index (κ3) is 3.56. The third-order valence-electron chi connectivity index (χ3n) is 5.52. The molecule has 2 aromatic heterocycles. The van der Waals surface area contributed by atoms with Gasteiger partial charge in [0.25, 0.3) is 0 Å². The average Bonchev–Trinajstić information content (AvgIpc) is 2.95. The molecule has 5 nitrogen and oxygen atoms in total. The van der Waals surface area contributed by atoms with E-state index in [4.69, 9.17) is 11.6 Å². The number of hydrogen-bond donors (Lipinski definition) is 0. The Bertz CT molecular complexity index is 1010. The Hall–Kier alpha value is -1.90. The zero-order chi connectivity index (χ0) is 20.1. The number of benzene rings is 1. The lowest BCUT2D eigenvalue weighted by molar-refractivity contribution is -0.139. The Morgan fingerprint density at radius 2 is 1.86 bits per heavy atom. The van der Waals surface area contributed by atoms with Crippen LogP contribution in [0.15, 0.2) is 24.5 Å². The highest BCUT2D eigenvalue weighted by molar-refractivity contribution is 6.34. The van der Waals surface area contributed by atoms with Crippen molar-refractivity contribution >= 4 is 33.5 Å². The zero-order valence-electron chi connectivity index (χ0n) is 15.7. The first kappa shape index (κ1) is 19.4. The van der Waals surface area contributed by atoms with Gasteiger partial charge in [0, 0.05) is 37.6 Å². The minimum absolute atomic E-state index is 0.0270. The molecule has 1 atom stereocenters. The third-order valence-corrected chi connectivity index (χ3v) is 5.80. The maximum absolute atomic E-state index is 13.2. The number of fused-ring (bicyclic) bond motifs is 3. The molecule has 1 aliphatic heterocycles. The normalized spacial score (nSPS) is 18.2. The van der Waals surface area contributed by atoms with E-state index in [9.17, 15) is 13.2 Å². The molecule has 0 amide bonds. The van der Waals surface area contributed by atoms with Gasteiger partial charge in [-0.25, -0.2) is 9.97 Å². The molecular formula is C19H21ClF3N5. The second-order valence-corrected chi connectivity index (χ2v) is 7.71. The van der Waals surface area contributed by atoms with Crippen LogP contribution in [0.1, 0.15) is 18.5 Å². The Morgan fingerprint density at radius 3 is 2.54 bits per heavy atom. The van der Waals surface area contributed by atoms with Crippen LogP contribution in [0.4, 0.5) is 13.2 Å². The van der Waals surface area contributed by atoms with Crippen LogP contribution in [0.3, 0.4) is 0 Å². The van der Waals surface area contributed by atoms with Gasteiger partial charge in [-0.15, -0.1) is 0 Å². The van der Waals surface area contributed by atoms with Crippen molar-refractivity contribution in [3.05, 3.63) is 35.2 Å². The molecule has 0 aliphatic carbocycles. The minimum Gasteiger partial charge on any atom is -0.327 e. The van der Waals surface area contributed by atoms with Crippen molar-refractivity contribution < 1.29 is 13.2 Å². The molecule has 0 bridgehead atoms. The van der Waals surface area contributed by atoms with Crippen LogP contribution >= 0.6 is 11.6 Å². The van der Waals surface area contributed by atoms with E-state index in [0.29, 0.717) is 16.4 Å². The minimum atomic E-state index is -4.37. The van der Waals surface area contributed by atoms with Crippen LogP contribution in [-0.2, 0) is 6.54 Å². The average molecular weight is 412 g/mol. The van der Waals surface area contributed by atoms with Crippen molar-refractivity contribution in [1.29, 1.82) is 0 Å². The van der Waals surface area contributed by atoms with Gasteiger partial charge in [0.2, 0.25) is 0 Å². The van der Waals surface area contributed by atoms with Crippen molar-refractivity contribution in [1.82, 2.24) is 24.3 Å². The van der Waals surface area contributed by atoms with Crippen LogP contribution in [0.5, 0.6) is 0 Å². The summed E-state index contributed by atoms with van der Waals surface area (Å²) in [4.78, 5) is 12.8. The molecule has 9 heteroatoms. The summed E-state index contributed by atoms with van der Waals surface area (Å²) in [7, 11) is 2.10. The van der Waals surface area contributed by atoms with Gasteiger partial charge >= 0.3 is 6.18 Å². The first-order chi connectivity index (χ1) is 13.2. The van der Waals surface area contributed by atoms with Crippen LogP contribution in [0.2, 0.25) is 5.15 Å². The first-order valence-corrected chi connectivity index (χ1v) is 9.54. The molecule has 3 aromatic rings. The summed E-state index contributed by atoms with van der Waals surface area (Å²) in [6.45, 7) is 4.91. The van der Waals surface area contributed by atoms with Crippen molar-refractivity contribution in [2.75, 3.05) is 33.2 Å². The van der Waals surface area contributed by atoms with E-state index in [0.717, 1.165) is 36.3 Å². The topological polar surface area (TPSA) is 37.2 Å². The largest absolute Gasteiger partial charge is 0.406 e. The van der Waals surface area contributed by atoms with Crippen molar-refractivity contribution in [2.24, 2.45) is 0 Å². The molecule has 4 rings (SSSR count). The summed E-state index contributed by atoms with van der Waals surface area (Å²) in [6, 6.07) is 5.74. The number of halogens is 4. The van der Waals surface area contributed by atoms with Gasteiger partial charge < -0.3 is 9.47 Å². The highest BCUT2D eigenvalue weighted by Crippen LogP contribution is 2.35. The maximum atomic E-state index is 13.2. The molecule has 150 valence electrons. The number of rotatable bonds is 3. The van der Waals surface area contributed by atoms with E-state index >= 15 is 0 Å². The molecule has 28 heavy (non-hydrogen) atoms. The van der Waals surface area contributed by atoms with Crippen LogP contribution in [-0.4, -0.2) is 63.7 Å². The monoisotopic (exact) mass is 411 g/mol. The van der Waals surface area contributed by atoms with E-state index in [2.05, 4.69) is 33.7 Å². The number of hydrogen-bond acceptors (Lipinski definition) is 4. The molecule has 0 saturated carbocycles. The van der Waals surface area contributed by atoms with Gasteiger partial charge in [0.15, 0.2) is 5.15 Å². The molecule has 0 unspecified atom stereocenters. The highest BCUT2D eigenvalue weighted by atomic mass is 35.5. The number of aromatic nitrogens is 3. The smallest absolute Gasteiger partial charge is 0.327 e. The lowest BCUT2D eigenvalue weighted by atomic mass is 10.0. The van der Waals surface area contributed by atoms with Crippen LogP contribution in [0.25, 0.3) is 21.9 Å². The standard InChI is InChI=1S/C19H21ClF3N5/c1-12(27-7-5-26(2)6-8-27)13-3-4-15-14(9-13)16-17(18(20)25-11-24-16)28(15)10-19(21,22)23/h3-4,9,11-12H,5-8,10H2,1-2H3/t12-/m1/s1. The predicted molar refractivity (Wildman–Crippen MR) is 104 cm³/mol. The number of likely N-dealkylation sites (N-methyl/N-ethyl adjacent to an activating group) is 1. The number of alkyl halides is 3. The molecule has 1 fully saturated rings. The van der Waals surface area contributed by atoms with E-state index in [1.54, 1.807) is 6.07 Å². The van der Waals surface area contributed by atoms with Gasteiger partial charge in [-0.05, 0) is 31.7 Å². The molecule has 1 aromatic carbocycles. The Kier molecular flexibility index (Phi) is 4.97. The molecule has 1 aliphatic rings. The van der Waals surface area contributed by atoms with E-state index in [1.165, 1.54) is 6.33 Å². The quantitative estimate of drug-likeness (QED) is 0.608.